The molecule has 5 heterocycles. The Kier molecular flexibility index (Phi) is 5.95. The third kappa shape index (κ3) is 4.41. The van der Waals surface area contributed by atoms with Gasteiger partial charge in [-0.2, -0.15) is 0 Å². The normalized spacial score (nSPS) is 16.8. The van der Waals surface area contributed by atoms with Gasteiger partial charge in [0.25, 0.3) is 5.56 Å². The molecule has 1 saturated heterocycles. The molecule has 2 N–H and O–H groups in total. The minimum Gasteiger partial charge on any atom is -0.378 e. The molecule has 5 rings (SSSR count). The lowest BCUT2D eigenvalue weighted by atomic mass is 9.99. The molecule has 3 aromatic heterocycles. The van der Waals surface area contributed by atoms with Crippen LogP contribution >= 0.6 is 0 Å². The predicted molar refractivity (Wildman–Crippen MR) is 126 cm³/mol. The maximum atomic E-state index is 12.8. The molecular formula is C24H28N6O3. The standard InChI is InChI=1S/C24H28N6O3/c1-16-18(23(32)28-24(27-16)30-11-13-33-14-12-30)4-5-21(31)29-9-6-17(7-10-29)20-15-26-22-19(20)3-2-8-25-22/h2-3,6,8,15H,4-5,7,9-14H2,1H3,(H,25,26)(H,27,28,32). The molecular weight excluding hydrogens is 420 g/mol. The van der Waals surface area contributed by atoms with Gasteiger partial charge in [0.05, 0.1) is 13.2 Å². The van der Waals surface area contributed by atoms with Crippen LogP contribution in [0, 0.1) is 6.92 Å². The summed E-state index contributed by atoms with van der Waals surface area (Å²) in [6.07, 6.45) is 7.36. The Hall–Kier alpha value is -3.46. The zero-order chi connectivity index (χ0) is 22.8. The number of morpholine rings is 1. The van der Waals surface area contributed by atoms with Gasteiger partial charge in [0.15, 0.2) is 0 Å². The van der Waals surface area contributed by atoms with Crippen LogP contribution in [0.25, 0.3) is 16.6 Å². The molecule has 0 bridgehead atoms. The minimum atomic E-state index is -0.162. The van der Waals surface area contributed by atoms with Crippen LogP contribution in [0.4, 0.5) is 5.95 Å². The second-order valence-corrected chi connectivity index (χ2v) is 8.47. The largest absolute Gasteiger partial charge is 0.378 e. The number of H-pyrrole nitrogens is 2. The van der Waals surface area contributed by atoms with Crippen molar-refractivity contribution in [2.45, 2.75) is 26.2 Å². The Labute approximate surface area is 191 Å². The van der Waals surface area contributed by atoms with Crippen LogP contribution in [-0.2, 0) is 16.0 Å². The highest BCUT2D eigenvalue weighted by Crippen LogP contribution is 2.28. The molecule has 0 saturated carbocycles. The summed E-state index contributed by atoms with van der Waals surface area (Å²) in [4.78, 5) is 44.4. The van der Waals surface area contributed by atoms with Crippen LogP contribution < -0.4 is 10.5 Å². The number of aromatic amines is 2. The van der Waals surface area contributed by atoms with Crippen molar-refractivity contribution in [1.82, 2.24) is 24.8 Å². The van der Waals surface area contributed by atoms with Crippen molar-refractivity contribution in [2.24, 2.45) is 0 Å². The lowest BCUT2D eigenvalue weighted by molar-refractivity contribution is -0.130. The second kappa shape index (κ2) is 9.19. The molecule has 9 heteroatoms. The Morgan fingerprint density at radius 3 is 2.85 bits per heavy atom. The highest BCUT2D eigenvalue weighted by atomic mass is 16.5. The fraction of sp³-hybridized carbons (Fsp3) is 0.417. The number of hydrogen-bond donors (Lipinski definition) is 2. The summed E-state index contributed by atoms with van der Waals surface area (Å²) < 4.78 is 5.36. The number of fused-ring (bicyclic) bond motifs is 1. The van der Waals surface area contributed by atoms with Gasteiger partial charge in [-0.05, 0) is 37.5 Å². The lowest BCUT2D eigenvalue weighted by Crippen LogP contribution is -2.39. The molecule has 0 unspecified atom stereocenters. The number of nitrogens with one attached hydrogen (secondary N) is 2. The number of amides is 1. The van der Waals surface area contributed by atoms with E-state index in [2.05, 4.69) is 32.1 Å². The summed E-state index contributed by atoms with van der Waals surface area (Å²) in [6.45, 7) is 5.75. The van der Waals surface area contributed by atoms with Crippen molar-refractivity contribution in [3.8, 4) is 0 Å². The van der Waals surface area contributed by atoms with Crippen LogP contribution in [0.2, 0.25) is 0 Å². The maximum Gasteiger partial charge on any atom is 0.255 e. The van der Waals surface area contributed by atoms with Gasteiger partial charge in [0, 0.05) is 67.2 Å². The molecule has 1 amide bonds. The SMILES string of the molecule is Cc1nc(N2CCOCC2)[nH]c(=O)c1CCC(=O)N1CC=C(c2c[nH]c3ncccc23)CC1. The van der Waals surface area contributed by atoms with Gasteiger partial charge in [-0.25, -0.2) is 9.97 Å². The molecule has 3 aromatic rings. The van der Waals surface area contributed by atoms with Crippen LogP contribution in [0.5, 0.6) is 0 Å². The van der Waals surface area contributed by atoms with E-state index in [4.69, 9.17) is 4.74 Å². The van der Waals surface area contributed by atoms with Crippen molar-refractivity contribution < 1.29 is 9.53 Å². The van der Waals surface area contributed by atoms with E-state index < -0.39 is 0 Å². The fourth-order valence-electron chi connectivity index (χ4n) is 4.57. The first-order chi connectivity index (χ1) is 16.1. The molecule has 2 aliphatic heterocycles. The van der Waals surface area contributed by atoms with Crippen molar-refractivity contribution in [3.63, 3.8) is 0 Å². The number of ether oxygens (including phenoxy) is 1. The summed E-state index contributed by atoms with van der Waals surface area (Å²) in [5.74, 6) is 0.638. The molecule has 172 valence electrons. The van der Waals surface area contributed by atoms with E-state index in [0.29, 0.717) is 69.4 Å². The number of aromatic nitrogens is 4. The average Bonchev–Trinajstić information content (AvgIpc) is 3.28. The second-order valence-electron chi connectivity index (χ2n) is 8.47. The first kappa shape index (κ1) is 21.4. The van der Waals surface area contributed by atoms with E-state index in [1.165, 1.54) is 5.57 Å². The molecule has 0 radical (unpaired) electrons. The summed E-state index contributed by atoms with van der Waals surface area (Å²) in [7, 11) is 0. The number of pyridine rings is 1. The first-order valence-corrected chi connectivity index (χ1v) is 11.4. The summed E-state index contributed by atoms with van der Waals surface area (Å²) in [6, 6.07) is 4.00. The Bertz CT molecular complexity index is 1250. The number of carbonyl (C=O) groups excluding carboxylic acids is 1. The van der Waals surface area contributed by atoms with Crippen LogP contribution in [0.1, 0.15) is 29.7 Å². The van der Waals surface area contributed by atoms with Crippen molar-refractivity contribution in [3.05, 3.63) is 57.8 Å². The molecule has 1 fully saturated rings. The van der Waals surface area contributed by atoms with Gasteiger partial charge in [0.1, 0.15) is 5.65 Å². The van der Waals surface area contributed by atoms with Gasteiger partial charge in [-0.1, -0.05) is 6.08 Å². The van der Waals surface area contributed by atoms with E-state index in [1.807, 2.05) is 29.0 Å². The van der Waals surface area contributed by atoms with Crippen molar-refractivity contribution in [2.75, 3.05) is 44.3 Å². The third-order valence-corrected chi connectivity index (χ3v) is 6.47. The summed E-state index contributed by atoms with van der Waals surface area (Å²) >= 11 is 0. The minimum absolute atomic E-state index is 0.0574. The average molecular weight is 449 g/mol. The zero-order valence-corrected chi connectivity index (χ0v) is 18.8. The van der Waals surface area contributed by atoms with Crippen LogP contribution in [-0.4, -0.2) is 70.1 Å². The topological polar surface area (TPSA) is 107 Å². The Morgan fingerprint density at radius 2 is 2.09 bits per heavy atom. The summed E-state index contributed by atoms with van der Waals surface area (Å²) in [5, 5.41) is 1.10. The van der Waals surface area contributed by atoms with E-state index in [-0.39, 0.29) is 11.5 Å². The lowest BCUT2D eigenvalue weighted by Gasteiger charge is -2.28. The third-order valence-electron chi connectivity index (χ3n) is 6.47. The van der Waals surface area contributed by atoms with E-state index in [1.54, 1.807) is 6.20 Å². The Balaban J connectivity index is 1.22. The highest BCUT2D eigenvalue weighted by Gasteiger charge is 2.21. The molecule has 0 spiro atoms. The number of anilines is 1. The number of hydrogen-bond acceptors (Lipinski definition) is 6. The fourth-order valence-corrected chi connectivity index (χ4v) is 4.57. The van der Waals surface area contributed by atoms with E-state index in [0.717, 1.165) is 23.0 Å². The highest BCUT2D eigenvalue weighted by molar-refractivity contribution is 5.91. The molecule has 9 nitrogen and oxygen atoms in total. The monoisotopic (exact) mass is 448 g/mol. The first-order valence-electron chi connectivity index (χ1n) is 11.4. The molecule has 0 aromatic carbocycles. The van der Waals surface area contributed by atoms with Crippen LogP contribution in [0.15, 0.2) is 35.4 Å². The maximum absolute atomic E-state index is 12.8. The van der Waals surface area contributed by atoms with Crippen molar-refractivity contribution in [1.29, 1.82) is 0 Å². The van der Waals surface area contributed by atoms with Crippen molar-refractivity contribution >= 4 is 28.5 Å². The molecule has 33 heavy (non-hydrogen) atoms. The van der Waals surface area contributed by atoms with Crippen LogP contribution in [0.3, 0.4) is 0 Å². The smallest absolute Gasteiger partial charge is 0.255 e. The number of rotatable bonds is 5. The zero-order valence-electron chi connectivity index (χ0n) is 18.8. The quantitative estimate of drug-likeness (QED) is 0.619. The molecule has 2 aliphatic rings. The number of carbonyl (C=O) groups is 1. The van der Waals surface area contributed by atoms with Gasteiger partial charge < -0.3 is 19.5 Å². The van der Waals surface area contributed by atoms with Gasteiger partial charge in [-0.15, -0.1) is 0 Å². The van der Waals surface area contributed by atoms with Gasteiger partial charge >= 0.3 is 0 Å². The predicted octanol–water partition coefficient (Wildman–Crippen LogP) is 2.04. The van der Waals surface area contributed by atoms with Gasteiger partial charge in [-0.3, -0.25) is 14.6 Å². The Morgan fingerprint density at radius 1 is 1.24 bits per heavy atom. The van der Waals surface area contributed by atoms with Gasteiger partial charge in [0.2, 0.25) is 11.9 Å². The number of nitrogens with zero attached hydrogens (tertiary/aromatic N) is 4. The molecule has 0 atom stereocenters. The summed E-state index contributed by atoms with van der Waals surface area (Å²) in [5.41, 5.74) is 4.36. The molecule has 0 aliphatic carbocycles. The number of aryl methyl sites for hydroxylation is 1. The van der Waals surface area contributed by atoms with E-state index >= 15 is 0 Å². The van der Waals surface area contributed by atoms with E-state index in [9.17, 15) is 9.59 Å².